The lowest BCUT2D eigenvalue weighted by Crippen LogP contribution is -2.03. The van der Waals surface area contributed by atoms with Crippen LogP contribution in [0.5, 0.6) is 5.75 Å². The number of aryl methyl sites for hydroxylation is 1. The smallest absolute Gasteiger partial charge is 0.308 e. The third kappa shape index (κ3) is 2.69. The number of rotatable bonds is 2. The van der Waals surface area contributed by atoms with E-state index >= 15 is 0 Å². The van der Waals surface area contributed by atoms with Crippen molar-refractivity contribution in [1.82, 2.24) is 4.98 Å². The minimum absolute atomic E-state index is 0.328. The molecule has 0 aliphatic carbocycles. The molecule has 0 unspecified atom stereocenters. The minimum atomic E-state index is -0.328. The van der Waals surface area contributed by atoms with E-state index in [1.807, 2.05) is 37.3 Å². The Labute approximate surface area is 100 Å². The van der Waals surface area contributed by atoms with Crippen LogP contribution in [-0.2, 0) is 4.79 Å². The number of carbonyl (C=O) groups excluding carboxylic acids is 1. The summed E-state index contributed by atoms with van der Waals surface area (Å²) in [6, 6.07) is 11.3. The zero-order valence-electron chi connectivity index (χ0n) is 9.81. The van der Waals surface area contributed by atoms with Gasteiger partial charge in [0.05, 0.1) is 5.69 Å². The van der Waals surface area contributed by atoms with Gasteiger partial charge in [-0.2, -0.15) is 0 Å². The molecule has 1 aromatic carbocycles. The lowest BCUT2D eigenvalue weighted by Gasteiger charge is -2.09. The van der Waals surface area contributed by atoms with Crippen molar-refractivity contribution in [1.29, 1.82) is 0 Å². The van der Waals surface area contributed by atoms with Crippen LogP contribution in [0.4, 0.5) is 0 Å². The Morgan fingerprint density at radius 3 is 2.71 bits per heavy atom. The van der Waals surface area contributed by atoms with Crippen molar-refractivity contribution < 1.29 is 9.53 Å². The van der Waals surface area contributed by atoms with Gasteiger partial charge in [-0.15, -0.1) is 0 Å². The molecule has 17 heavy (non-hydrogen) atoms. The van der Waals surface area contributed by atoms with Gasteiger partial charge in [-0.1, -0.05) is 17.7 Å². The Morgan fingerprint density at radius 1 is 1.24 bits per heavy atom. The number of pyridine rings is 1. The fraction of sp³-hybridized carbons (Fsp3) is 0.143. The molecule has 0 amide bonds. The van der Waals surface area contributed by atoms with Crippen LogP contribution in [0.1, 0.15) is 12.5 Å². The summed E-state index contributed by atoms with van der Waals surface area (Å²) in [4.78, 5) is 15.3. The van der Waals surface area contributed by atoms with Crippen molar-refractivity contribution in [3.63, 3.8) is 0 Å². The first-order chi connectivity index (χ1) is 8.16. The number of nitrogens with zero attached hydrogens (tertiary/aromatic N) is 1. The van der Waals surface area contributed by atoms with Gasteiger partial charge in [0.1, 0.15) is 5.75 Å². The highest BCUT2D eigenvalue weighted by Crippen LogP contribution is 2.29. The number of esters is 1. The van der Waals surface area contributed by atoms with Crippen molar-refractivity contribution in [2.45, 2.75) is 13.8 Å². The second kappa shape index (κ2) is 4.78. The number of ether oxygens (including phenoxy) is 1. The minimum Gasteiger partial charge on any atom is -0.426 e. The van der Waals surface area contributed by atoms with Gasteiger partial charge in [0.2, 0.25) is 0 Å². The van der Waals surface area contributed by atoms with E-state index in [1.54, 1.807) is 12.3 Å². The van der Waals surface area contributed by atoms with Crippen molar-refractivity contribution >= 4 is 5.97 Å². The Morgan fingerprint density at radius 2 is 2.06 bits per heavy atom. The van der Waals surface area contributed by atoms with Gasteiger partial charge in [0.15, 0.2) is 0 Å². The lowest BCUT2D eigenvalue weighted by atomic mass is 10.1. The first-order valence-corrected chi connectivity index (χ1v) is 5.37. The first kappa shape index (κ1) is 11.3. The Kier molecular flexibility index (Phi) is 3.19. The summed E-state index contributed by atoms with van der Waals surface area (Å²) in [6.45, 7) is 3.38. The quantitative estimate of drug-likeness (QED) is 0.585. The van der Waals surface area contributed by atoms with Crippen LogP contribution in [0.25, 0.3) is 11.3 Å². The van der Waals surface area contributed by atoms with E-state index in [9.17, 15) is 4.79 Å². The van der Waals surface area contributed by atoms with E-state index in [-0.39, 0.29) is 5.97 Å². The zero-order valence-corrected chi connectivity index (χ0v) is 9.81. The van der Waals surface area contributed by atoms with Crippen molar-refractivity contribution in [2.75, 3.05) is 0 Å². The summed E-state index contributed by atoms with van der Waals surface area (Å²) in [6.07, 6.45) is 1.72. The topological polar surface area (TPSA) is 39.2 Å². The Balaban J connectivity index is 2.51. The molecule has 0 saturated carbocycles. The largest absolute Gasteiger partial charge is 0.426 e. The van der Waals surface area contributed by atoms with Crippen LogP contribution in [0.2, 0.25) is 0 Å². The van der Waals surface area contributed by atoms with Crippen LogP contribution in [0, 0.1) is 6.92 Å². The molecule has 0 bridgehead atoms. The molecular formula is C14H13NO2. The third-order valence-electron chi connectivity index (χ3n) is 2.33. The molecule has 0 spiro atoms. The summed E-state index contributed by atoms with van der Waals surface area (Å²) < 4.78 is 5.18. The summed E-state index contributed by atoms with van der Waals surface area (Å²) >= 11 is 0. The molecule has 0 aliphatic rings. The summed E-state index contributed by atoms with van der Waals surface area (Å²) in [5, 5.41) is 0. The molecule has 3 heteroatoms. The molecule has 1 aromatic heterocycles. The summed E-state index contributed by atoms with van der Waals surface area (Å²) in [5.74, 6) is 0.216. The number of carbonyl (C=O) groups is 1. The molecule has 0 aliphatic heterocycles. The fourth-order valence-electron chi connectivity index (χ4n) is 1.61. The first-order valence-electron chi connectivity index (χ1n) is 5.37. The second-order valence-corrected chi connectivity index (χ2v) is 3.81. The van der Waals surface area contributed by atoms with Crippen LogP contribution < -0.4 is 4.74 Å². The van der Waals surface area contributed by atoms with Gasteiger partial charge in [0, 0.05) is 18.7 Å². The molecule has 0 fully saturated rings. The lowest BCUT2D eigenvalue weighted by molar-refractivity contribution is -0.131. The maximum atomic E-state index is 11.0. The highest BCUT2D eigenvalue weighted by Gasteiger charge is 2.09. The number of aromatic nitrogens is 1. The molecule has 86 valence electrons. The fourth-order valence-corrected chi connectivity index (χ4v) is 1.61. The monoisotopic (exact) mass is 227 g/mol. The van der Waals surface area contributed by atoms with E-state index in [0.29, 0.717) is 5.75 Å². The molecule has 0 radical (unpaired) electrons. The van der Waals surface area contributed by atoms with Gasteiger partial charge in [-0.05, 0) is 31.2 Å². The zero-order chi connectivity index (χ0) is 12.3. The van der Waals surface area contributed by atoms with Crippen molar-refractivity contribution in [3.8, 4) is 17.0 Å². The summed E-state index contributed by atoms with van der Waals surface area (Å²) in [7, 11) is 0. The van der Waals surface area contributed by atoms with Crippen LogP contribution in [-0.4, -0.2) is 11.0 Å². The van der Waals surface area contributed by atoms with E-state index in [2.05, 4.69) is 4.98 Å². The number of hydrogen-bond acceptors (Lipinski definition) is 3. The molecule has 0 N–H and O–H groups in total. The van der Waals surface area contributed by atoms with Crippen LogP contribution in [0.15, 0.2) is 42.6 Å². The van der Waals surface area contributed by atoms with E-state index in [4.69, 9.17) is 4.74 Å². The highest BCUT2D eigenvalue weighted by atomic mass is 16.5. The molecule has 0 atom stereocenters. The van der Waals surface area contributed by atoms with Gasteiger partial charge in [-0.3, -0.25) is 9.78 Å². The maximum absolute atomic E-state index is 11.0. The number of hydrogen-bond donors (Lipinski definition) is 0. The van der Waals surface area contributed by atoms with Crippen LogP contribution >= 0.6 is 0 Å². The Bertz CT molecular complexity index is 535. The molecule has 0 saturated heterocycles. The number of benzene rings is 1. The average molecular weight is 227 g/mol. The van der Waals surface area contributed by atoms with E-state index < -0.39 is 0 Å². The van der Waals surface area contributed by atoms with Gasteiger partial charge in [-0.25, -0.2) is 0 Å². The maximum Gasteiger partial charge on any atom is 0.308 e. The second-order valence-electron chi connectivity index (χ2n) is 3.81. The predicted octanol–water partition coefficient (Wildman–Crippen LogP) is 2.98. The molecule has 3 nitrogen and oxygen atoms in total. The van der Waals surface area contributed by atoms with Gasteiger partial charge < -0.3 is 4.74 Å². The van der Waals surface area contributed by atoms with Gasteiger partial charge >= 0.3 is 5.97 Å². The predicted molar refractivity (Wildman–Crippen MR) is 65.7 cm³/mol. The van der Waals surface area contributed by atoms with Crippen LogP contribution in [0.3, 0.4) is 0 Å². The molecule has 2 aromatic rings. The third-order valence-corrected chi connectivity index (χ3v) is 2.33. The van der Waals surface area contributed by atoms with E-state index in [1.165, 1.54) is 6.92 Å². The standard InChI is InChI=1S/C14H13NO2/c1-10-6-7-14(17-11(2)16)12(9-10)13-5-3-4-8-15-13/h3-9H,1-2H3. The highest BCUT2D eigenvalue weighted by molar-refractivity contribution is 5.75. The van der Waals surface area contributed by atoms with Gasteiger partial charge in [0.25, 0.3) is 0 Å². The van der Waals surface area contributed by atoms with Crippen molar-refractivity contribution in [3.05, 3.63) is 48.2 Å². The normalized spacial score (nSPS) is 10.0. The summed E-state index contributed by atoms with van der Waals surface area (Å²) in [5.41, 5.74) is 2.73. The molecule has 1 heterocycles. The SMILES string of the molecule is CC(=O)Oc1ccc(C)cc1-c1ccccn1. The Hall–Kier alpha value is -2.16. The van der Waals surface area contributed by atoms with Crippen molar-refractivity contribution in [2.24, 2.45) is 0 Å². The van der Waals surface area contributed by atoms with E-state index in [0.717, 1.165) is 16.8 Å². The molecular weight excluding hydrogens is 214 g/mol. The molecule has 2 rings (SSSR count). The average Bonchev–Trinajstić information content (AvgIpc) is 2.32.